The van der Waals surface area contributed by atoms with Crippen LogP contribution in [0.15, 0.2) is 72.8 Å². The van der Waals surface area contributed by atoms with E-state index in [0.29, 0.717) is 17.7 Å². The summed E-state index contributed by atoms with van der Waals surface area (Å²) in [6, 6.07) is 18.6. The normalized spacial score (nSPS) is 12.7. The van der Waals surface area contributed by atoms with Crippen molar-refractivity contribution in [3.8, 4) is 5.75 Å². The van der Waals surface area contributed by atoms with E-state index in [2.05, 4.69) is 5.32 Å². The summed E-state index contributed by atoms with van der Waals surface area (Å²) in [5.41, 5.74) is 1.53. The lowest BCUT2D eigenvalue weighted by molar-refractivity contribution is -0.140. The molecule has 11 heteroatoms. The van der Waals surface area contributed by atoms with Gasteiger partial charge in [0.1, 0.15) is 24.2 Å². The topological polar surface area (TPSA) is 96.0 Å². The molecule has 1 N–H and O–H groups in total. The van der Waals surface area contributed by atoms with Crippen LogP contribution in [-0.2, 0) is 32.6 Å². The number of sulfonamides is 1. The summed E-state index contributed by atoms with van der Waals surface area (Å²) in [4.78, 5) is 29.1. The first-order chi connectivity index (χ1) is 19.4. The van der Waals surface area contributed by atoms with Gasteiger partial charge in [0.25, 0.3) is 0 Å². The minimum absolute atomic E-state index is 0.00321. The second kappa shape index (κ2) is 14.3. The largest absolute Gasteiger partial charge is 0.497 e. The third-order valence-electron chi connectivity index (χ3n) is 6.63. The predicted octanol–water partition coefficient (Wildman–Crippen LogP) is 4.81. The number of ether oxygens (including phenoxy) is 1. The molecule has 220 valence electrons. The summed E-state index contributed by atoms with van der Waals surface area (Å²) >= 11 is 5.93. The number of amides is 2. The predicted molar refractivity (Wildman–Crippen MR) is 159 cm³/mol. The molecule has 41 heavy (non-hydrogen) atoms. The minimum atomic E-state index is -4.00. The maximum absolute atomic E-state index is 14.1. The summed E-state index contributed by atoms with van der Waals surface area (Å²) in [7, 11) is -2.48. The van der Waals surface area contributed by atoms with Crippen LogP contribution in [0.3, 0.4) is 0 Å². The molecule has 0 bridgehead atoms. The Labute approximate surface area is 246 Å². The van der Waals surface area contributed by atoms with Crippen molar-refractivity contribution >= 4 is 39.1 Å². The van der Waals surface area contributed by atoms with E-state index < -0.39 is 34.3 Å². The van der Waals surface area contributed by atoms with E-state index in [9.17, 15) is 22.4 Å². The number of halogens is 2. The lowest BCUT2D eigenvalue weighted by Crippen LogP contribution is -2.54. The maximum atomic E-state index is 14.1. The van der Waals surface area contributed by atoms with Crippen LogP contribution in [0.4, 0.5) is 10.1 Å². The standard InChI is InChI=1S/C30H35ClFN3O5S/c1-5-21(2)33-30(37)28(17-22-10-7-6-8-11-22)34(19-23-12-9-13-25(16-23)40-3)29(36)20-35(41(4,38)39)24-14-15-27(32)26(31)18-24/h6-16,18,21,28H,5,17,19-20H2,1-4H3,(H,33,37)/t21-,28+/m0/s1. The Morgan fingerprint density at radius 3 is 2.32 bits per heavy atom. The van der Waals surface area contributed by atoms with Gasteiger partial charge < -0.3 is 15.0 Å². The summed E-state index contributed by atoms with van der Waals surface area (Å²) in [5.74, 6) is -1.15. The lowest BCUT2D eigenvalue weighted by atomic mass is 10.0. The second-order valence-corrected chi connectivity index (χ2v) is 12.1. The molecule has 3 aromatic rings. The van der Waals surface area contributed by atoms with E-state index in [1.807, 2.05) is 44.2 Å². The van der Waals surface area contributed by atoms with E-state index >= 15 is 0 Å². The van der Waals surface area contributed by atoms with Crippen LogP contribution < -0.4 is 14.4 Å². The Morgan fingerprint density at radius 1 is 1.02 bits per heavy atom. The lowest BCUT2D eigenvalue weighted by Gasteiger charge is -2.34. The van der Waals surface area contributed by atoms with Gasteiger partial charge in [0.2, 0.25) is 21.8 Å². The van der Waals surface area contributed by atoms with Crippen LogP contribution in [0.5, 0.6) is 5.75 Å². The molecule has 0 aliphatic rings. The summed E-state index contributed by atoms with van der Waals surface area (Å²) in [6.07, 6.45) is 1.82. The highest BCUT2D eigenvalue weighted by Crippen LogP contribution is 2.25. The Kier molecular flexibility index (Phi) is 11.1. The molecule has 0 heterocycles. The van der Waals surface area contributed by atoms with Gasteiger partial charge in [0.15, 0.2) is 0 Å². The highest BCUT2D eigenvalue weighted by Gasteiger charge is 2.33. The van der Waals surface area contributed by atoms with Crippen LogP contribution >= 0.6 is 11.6 Å². The number of hydrogen-bond donors (Lipinski definition) is 1. The molecular formula is C30H35ClFN3O5S. The van der Waals surface area contributed by atoms with Gasteiger partial charge >= 0.3 is 0 Å². The van der Waals surface area contributed by atoms with Crippen LogP contribution in [0.25, 0.3) is 0 Å². The van der Waals surface area contributed by atoms with Gasteiger partial charge in [0, 0.05) is 19.0 Å². The number of rotatable bonds is 13. The van der Waals surface area contributed by atoms with Crippen molar-refractivity contribution in [3.63, 3.8) is 0 Å². The fourth-order valence-corrected chi connectivity index (χ4v) is 5.23. The molecule has 0 aliphatic heterocycles. The number of benzene rings is 3. The van der Waals surface area contributed by atoms with Crippen LogP contribution in [0, 0.1) is 5.82 Å². The fourth-order valence-electron chi connectivity index (χ4n) is 4.22. The zero-order valence-electron chi connectivity index (χ0n) is 23.5. The SMILES string of the molecule is CC[C@H](C)NC(=O)[C@@H](Cc1ccccc1)N(Cc1cccc(OC)c1)C(=O)CN(c1ccc(F)c(Cl)c1)S(C)(=O)=O. The number of methoxy groups -OCH3 is 1. The van der Waals surface area contributed by atoms with Crippen LogP contribution in [0.1, 0.15) is 31.4 Å². The van der Waals surface area contributed by atoms with Crippen molar-refractivity contribution < 1.29 is 27.1 Å². The number of nitrogens with zero attached hydrogens (tertiary/aromatic N) is 2. The smallest absolute Gasteiger partial charge is 0.244 e. The minimum Gasteiger partial charge on any atom is -0.497 e. The zero-order valence-corrected chi connectivity index (χ0v) is 25.1. The Bertz CT molecular complexity index is 1460. The first-order valence-electron chi connectivity index (χ1n) is 13.1. The maximum Gasteiger partial charge on any atom is 0.244 e. The van der Waals surface area contributed by atoms with E-state index in [0.717, 1.165) is 28.3 Å². The molecule has 0 radical (unpaired) electrons. The molecule has 0 aromatic heterocycles. The van der Waals surface area contributed by atoms with Gasteiger partial charge in [-0.25, -0.2) is 12.8 Å². The highest BCUT2D eigenvalue weighted by atomic mass is 35.5. The first-order valence-corrected chi connectivity index (χ1v) is 15.3. The van der Waals surface area contributed by atoms with Crippen molar-refractivity contribution in [2.24, 2.45) is 0 Å². The summed E-state index contributed by atoms with van der Waals surface area (Å²) < 4.78 is 45.7. The van der Waals surface area contributed by atoms with Crippen molar-refractivity contribution in [2.45, 2.75) is 45.3 Å². The van der Waals surface area contributed by atoms with Gasteiger partial charge in [-0.2, -0.15) is 0 Å². The van der Waals surface area contributed by atoms with E-state index in [1.54, 1.807) is 24.3 Å². The molecule has 0 aliphatic carbocycles. The molecule has 8 nitrogen and oxygen atoms in total. The monoisotopic (exact) mass is 603 g/mol. The molecule has 0 unspecified atom stereocenters. The molecule has 2 amide bonds. The van der Waals surface area contributed by atoms with Gasteiger partial charge in [-0.3, -0.25) is 13.9 Å². The van der Waals surface area contributed by atoms with Gasteiger partial charge in [-0.15, -0.1) is 0 Å². The number of carbonyl (C=O) groups is 2. The van der Waals surface area contributed by atoms with Crippen LogP contribution in [-0.4, -0.2) is 57.1 Å². The number of hydrogen-bond acceptors (Lipinski definition) is 5. The van der Waals surface area contributed by atoms with E-state index in [4.69, 9.17) is 16.3 Å². The van der Waals surface area contributed by atoms with Crippen molar-refractivity contribution in [1.29, 1.82) is 0 Å². The highest BCUT2D eigenvalue weighted by molar-refractivity contribution is 7.92. The summed E-state index contributed by atoms with van der Waals surface area (Å²) in [5, 5.41) is 2.69. The second-order valence-electron chi connectivity index (χ2n) is 9.76. The molecule has 2 atom stereocenters. The molecule has 3 rings (SSSR count). The van der Waals surface area contributed by atoms with Gasteiger partial charge in [-0.05, 0) is 54.8 Å². The summed E-state index contributed by atoms with van der Waals surface area (Å²) in [6.45, 7) is 3.18. The third kappa shape index (κ3) is 8.93. The zero-order chi connectivity index (χ0) is 30.2. The molecule has 3 aromatic carbocycles. The van der Waals surface area contributed by atoms with Gasteiger partial charge in [0.05, 0.1) is 24.1 Å². The molecule has 0 fully saturated rings. The Hall–Kier alpha value is -3.63. The van der Waals surface area contributed by atoms with Crippen LogP contribution in [0.2, 0.25) is 5.02 Å². The Balaban J connectivity index is 2.08. The van der Waals surface area contributed by atoms with Crippen molar-refractivity contribution in [2.75, 3.05) is 24.2 Å². The van der Waals surface area contributed by atoms with Gasteiger partial charge in [-0.1, -0.05) is 61.0 Å². The molecule has 0 spiro atoms. The molecular weight excluding hydrogens is 569 g/mol. The average molecular weight is 604 g/mol. The fraction of sp³-hybridized carbons (Fsp3) is 0.333. The third-order valence-corrected chi connectivity index (χ3v) is 8.06. The number of nitrogens with one attached hydrogen (secondary N) is 1. The first kappa shape index (κ1) is 31.9. The average Bonchev–Trinajstić information content (AvgIpc) is 2.94. The molecule has 0 saturated heterocycles. The van der Waals surface area contributed by atoms with E-state index in [1.165, 1.54) is 18.1 Å². The Morgan fingerprint density at radius 2 is 1.71 bits per heavy atom. The number of anilines is 1. The molecule has 0 saturated carbocycles. The van der Waals surface area contributed by atoms with Crippen molar-refractivity contribution in [3.05, 3.63) is 94.8 Å². The number of carbonyl (C=O) groups excluding carboxylic acids is 2. The van der Waals surface area contributed by atoms with Crippen molar-refractivity contribution in [1.82, 2.24) is 10.2 Å². The van der Waals surface area contributed by atoms with E-state index in [-0.39, 0.29) is 35.6 Å². The quantitative estimate of drug-likeness (QED) is 0.303.